The highest BCUT2D eigenvalue weighted by Gasteiger charge is 2.21. The molecule has 1 amide bonds. The molecule has 3 aromatic rings. The number of hydrogen-bond acceptors (Lipinski definition) is 3. The van der Waals surface area contributed by atoms with Crippen molar-refractivity contribution in [3.8, 4) is 0 Å². The average molecular weight is 355 g/mol. The number of rotatable bonds is 6. The predicted octanol–water partition coefficient (Wildman–Crippen LogP) is 2.78. The van der Waals surface area contributed by atoms with Crippen molar-refractivity contribution in [3.63, 3.8) is 0 Å². The smallest absolute Gasteiger partial charge is 0.240 e. The molecule has 7 heteroatoms. The van der Waals surface area contributed by atoms with Gasteiger partial charge in [0.05, 0.1) is 0 Å². The van der Waals surface area contributed by atoms with Gasteiger partial charge in [-0.1, -0.05) is 26.0 Å². The topological polar surface area (TPSA) is 64.7 Å². The lowest BCUT2D eigenvalue weighted by Crippen LogP contribution is -2.34. The Morgan fingerprint density at radius 1 is 1.12 bits per heavy atom. The summed E-state index contributed by atoms with van der Waals surface area (Å²) in [5, 5.41) is 3.01. The van der Waals surface area contributed by atoms with Crippen LogP contribution in [-0.2, 0) is 18.4 Å². The fraction of sp³-hybridized carbons (Fsp3) is 0.316. The molecule has 2 aromatic heterocycles. The third kappa shape index (κ3) is 3.82. The van der Waals surface area contributed by atoms with Gasteiger partial charge in [-0.15, -0.1) is 0 Å². The maximum atomic E-state index is 13.3. The Bertz CT molecular complexity index is 881. The fourth-order valence-corrected chi connectivity index (χ4v) is 2.92. The largest absolute Gasteiger partial charge is 0.341 e. The van der Waals surface area contributed by atoms with Crippen LogP contribution in [0, 0.1) is 5.82 Å². The van der Waals surface area contributed by atoms with Gasteiger partial charge in [0.1, 0.15) is 30.1 Å². The summed E-state index contributed by atoms with van der Waals surface area (Å²) in [4.78, 5) is 21.3. The molecular formula is C19H22FN5O. The SMILES string of the molecule is CC(C)c1nccn1CC(=O)NC(c1ccc(F)cc1)c1nccn1C. The van der Waals surface area contributed by atoms with Crippen molar-refractivity contribution in [2.75, 3.05) is 0 Å². The van der Waals surface area contributed by atoms with Gasteiger partial charge in [-0.3, -0.25) is 4.79 Å². The molecule has 2 heterocycles. The summed E-state index contributed by atoms with van der Waals surface area (Å²) in [7, 11) is 1.86. The highest BCUT2D eigenvalue weighted by molar-refractivity contribution is 5.76. The van der Waals surface area contributed by atoms with Crippen LogP contribution in [0.15, 0.2) is 49.1 Å². The van der Waals surface area contributed by atoms with Crippen LogP contribution in [-0.4, -0.2) is 25.0 Å². The molecule has 26 heavy (non-hydrogen) atoms. The molecule has 1 unspecified atom stereocenters. The number of aromatic nitrogens is 4. The molecule has 1 atom stereocenters. The first kappa shape index (κ1) is 17.8. The zero-order chi connectivity index (χ0) is 18.7. The van der Waals surface area contributed by atoms with E-state index in [0.29, 0.717) is 5.82 Å². The van der Waals surface area contributed by atoms with Crippen molar-refractivity contribution >= 4 is 5.91 Å². The second-order valence-electron chi connectivity index (χ2n) is 6.52. The van der Waals surface area contributed by atoms with Gasteiger partial charge in [-0.25, -0.2) is 14.4 Å². The summed E-state index contributed by atoms with van der Waals surface area (Å²) >= 11 is 0. The number of carbonyl (C=O) groups is 1. The van der Waals surface area contributed by atoms with Crippen LogP contribution in [0.2, 0.25) is 0 Å². The number of halogens is 1. The van der Waals surface area contributed by atoms with E-state index in [0.717, 1.165) is 11.4 Å². The number of nitrogens with one attached hydrogen (secondary N) is 1. The van der Waals surface area contributed by atoms with Crippen molar-refractivity contribution in [2.24, 2.45) is 7.05 Å². The van der Waals surface area contributed by atoms with Crippen molar-refractivity contribution in [1.82, 2.24) is 24.4 Å². The second-order valence-corrected chi connectivity index (χ2v) is 6.52. The van der Waals surface area contributed by atoms with Crippen molar-refractivity contribution in [3.05, 3.63) is 72.1 Å². The highest BCUT2D eigenvalue weighted by atomic mass is 19.1. The van der Waals surface area contributed by atoms with E-state index >= 15 is 0 Å². The van der Waals surface area contributed by atoms with E-state index in [2.05, 4.69) is 15.3 Å². The minimum absolute atomic E-state index is 0.162. The number of imidazole rings is 2. The highest BCUT2D eigenvalue weighted by Crippen LogP contribution is 2.21. The van der Waals surface area contributed by atoms with Crippen LogP contribution in [0.25, 0.3) is 0 Å². The first-order valence-electron chi connectivity index (χ1n) is 8.48. The Labute approximate surface area is 151 Å². The summed E-state index contributed by atoms with van der Waals surface area (Å²) in [6.45, 7) is 4.23. The number of hydrogen-bond donors (Lipinski definition) is 1. The molecule has 0 spiro atoms. The zero-order valence-corrected chi connectivity index (χ0v) is 15.1. The van der Waals surface area contributed by atoms with E-state index < -0.39 is 6.04 Å². The summed E-state index contributed by atoms with van der Waals surface area (Å²) in [6, 6.07) is 5.61. The molecule has 1 aromatic carbocycles. The van der Waals surface area contributed by atoms with E-state index in [1.807, 2.05) is 36.2 Å². The summed E-state index contributed by atoms with van der Waals surface area (Å²) in [5.41, 5.74) is 0.767. The van der Waals surface area contributed by atoms with Crippen molar-refractivity contribution in [2.45, 2.75) is 32.4 Å². The van der Waals surface area contributed by atoms with E-state index in [9.17, 15) is 9.18 Å². The van der Waals surface area contributed by atoms with E-state index in [4.69, 9.17) is 0 Å². The molecule has 0 saturated carbocycles. The first-order chi connectivity index (χ1) is 12.5. The number of benzene rings is 1. The molecule has 1 N–H and O–H groups in total. The maximum Gasteiger partial charge on any atom is 0.240 e. The minimum Gasteiger partial charge on any atom is -0.341 e. The fourth-order valence-electron chi connectivity index (χ4n) is 2.92. The van der Waals surface area contributed by atoms with Gasteiger partial charge >= 0.3 is 0 Å². The van der Waals surface area contributed by atoms with Crippen LogP contribution < -0.4 is 5.32 Å². The van der Waals surface area contributed by atoms with Crippen LogP contribution in [0.5, 0.6) is 0 Å². The third-order valence-electron chi connectivity index (χ3n) is 4.20. The van der Waals surface area contributed by atoms with Gasteiger partial charge in [0.15, 0.2) is 0 Å². The lowest BCUT2D eigenvalue weighted by Gasteiger charge is -2.20. The predicted molar refractivity (Wildman–Crippen MR) is 95.9 cm³/mol. The molecule has 0 radical (unpaired) electrons. The lowest BCUT2D eigenvalue weighted by atomic mass is 10.1. The van der Waals surface area contributed by atoms with Gasteiger partial charge in [-0.05, 0) is 17.7 Å². The molecule has 3 rings (SSSR count). The Morgan fingerprint density at radius 3 is 2.38 bits per heavy atom. The molecule has 0 fully saturated rings. The quantitative estimate of drug-likeness (QED) is 0.739. The lowest BCUT2D eigenvalue weighted by molar-refractivity contribution is -0.122. The van der Waals surface area contributed by atoms with Crippen LogP contribution in [0.3, 0.4) is 0 Å². The van der Waals surface area contributed by atoms with Crippen molar-refractivity contribution < 1.29 is 9.18 Å². The zero-order valence-electron chi connectivity index (χ0n) is 15.1. The van der Waals surface area contributed by atoms with Gasteiger partial charge < -0.3 is 14.5 Å². The Morgan fingerprint density at radius 2 is 1.77 bits per heavy atom. The van der Waals surface area contributed by atoms with Crippen LogP contribution in [0.4, 0.5) is 4.39 Å². The van der Waals surface area contributed by atoms with E-state index in [-0.39, 0.29) is 24.2 Å². The Kier molecular flexibility index (Phi) is 5.16. The molecule has 0 aliphatic carbocycles. The molecule has 0 aliphatic heterocycles. The van der Waals surface area contributed by atoms with E-state index in [1.165, 1.54) is 12.1 Å². The van der Waals surface area contributed by atoms with Gasteiger partial charge in [-0.2, -0.15) is 0 Å². The Hall–Kier alpha value is -2.96. The van der Waals surface area contributed by atoms with Crippen LogP contribution in [0.1, 0.15) is 43.0 Å². The molecular weight excluding hydrogens is 333 g/mol. The van der Waals surface area contributed by atoms with Crippen molar-refractivity contribution in [1.29, 1.82) is 0 Å². The number of aryl methyl sites for hydroxylation is 1. The molecule has 6 nitrogen and oxygen atoms in total. The second kappa shape index (κ2) is 7.51. The maximum absolute atomic E-state index is 13.3. The Balaban J connectivity index is 1.84. The monoisotopic (exact) mass is 355 g/mol. The molecule has 136 valence electrons. The summed E-state index contributed by atoms with van der Waals surface area (Å²) in [5.74, 6) is 1.27. The standard InChI is InChI=1S/C19H22FN5O/c1-13(2)18-21-9-11-25(18)12-16(26)23-17(19-22-8-10-24(19)3)14-4-6-15(20)7-5-14/h4-11,13,17H,12H2,1-3H3,(H,23,26). The molecule has 0 bridgehead atoms. The number of carbonyl (C=O) groups excluding carboxylic acids is 1. The number of amides is 1. The molecule has 0 aliphatic rings. The van der Waals surface area contributed by atoms with Gasteiger partial charge in [0.2, 0.25) is 5.91 Å². The first-order valence-corrected chi connectivity index (χ1v) is 8.48. The van der Waals surface area contributed by atoms with Gasteiger partial charge in [0, 0.05) is 37.8 Å². The third-order valence-corrected chi connectivity index (χ3v) is 4.20. The summed E-state index contributed by atoms with van der Waals surface area (Å²) < 4.78 is 17.0. The summed E-state index contributed by atoms with van der Waals surface area (Å²) in [6.07, 6.45) is 6.97. The van der Waals surface area contributed by atoms with Gasteiger partial charge in [0.25, 0.3) is 0 Å². The normalized spacial score (nSPS) is 12.3. The molecule has 0 saturated heterocycles. The minimum atomic E-state index is -0.464. The van der Waals surface area contributed by atoms with E-state index in [1.54, 1.807) is 30.7 Å². The number of nitrogens with zero attached hydrogens (tertiary/aromatic N) is 4. The average Bonchev–Trinajstić information content (AvgIpc) is 3.22. The van der Waals surface area contributed by atoms with Crippen LogP contribution >= 0.6 is 0 Å².